The molecule has 1 aliphatic heterocycles. The molecule has 2 atom stereocenters. The number of ether oxygens (including phenoxy) is 1. The van der Waals surface area contributed by atoms with Gasteiger partial charge in [0.15, 0.2) is 0 Å². The van der Waals surface area contributed by atoms with Crippen LogP contribution in [0, 0.1) is 17.8 Å². The average Bonchev–Trinajstić information content (AvgIpc) is 2.62. The van der Waals surface area contributed by atoms with Crippen molar-refractivity contribution in [2.24, 2.45) is 17.8 Å². The van der Waals surface area contributed by atoms with Crippen LogP contribution in [0.25, 0.3) is 0 Å². The Morgan fingerprint density at radius 3 is 2.08 bits per heavy atom. The zero-order valence-corrected chi connectivity index (χ0v) is 15.0. The molecule has 0 bridgehead atoms. The van der Waals surface area contributed by atoms with Gasteiger partial charge in [-0.2, -0.15) is 13.2 Å². The number of alkyl halides is 3. The van der Waals surface area contributed by atoms with E-state index in [-0.39, 0.29) is 6.10 Å². The largest absolute Gasteiger partial charge is 0.416 e. The third-order valence-corrected chi connectivity index (χ3v) is 6.18. The number of hydrogen-bond donors (Lipinski definition) is 0. The van der Waals surface area contributed by atoms with Crippen molar-refractivity contribution >= 4 is 0 Å². The van der Waals surface area contributed by atoms with E-state index < -0.39 is 11.7 Å². The summed E-state index contributed by atoms with van der Waals surface area (Å²) in [5.74, 6) is 2.33. The van der Waals surface area contributed by atoms with Gasteiger partial charge in [0.1, 0.15) is 0 Å². The topological polar surface area (TPSA) is 9.23 Å². The van der Waals surface area contributed by atoms with Crippen LogP contribution in [0.4, 0.5) is 13.2 Å². The summed E-state index contributed by atoms with van der Waals surface area (Å²) in [6.07, 6.45) is 5.76. The lowest BCUT2D eigenvalue weighted by molar-refractivity contribution is -0.137. The van der Waals surface area contributed by atoms with Crippen LogP contribution >= 0.6 is 0 Å². The van der Waals surface area contributed by atoms with Gasteiger partial charge in [0.2, 0.25) is 0 Å². The monoisotopic (exact) mass is 354 g/mol. The SMILES string of the molecule is CCCC1CCC([C@H]2CC[C@H](c3ccc(C(F)(F)F)cc3)OC2)CC1. The van der Waals surface area contributed by atoms with Gasteiger partial charge in [0, 0.05) is 0 Å². The standard InChI is InChI=1S/C21H29F3O/c1-2-3-15-4-6-16(7-5-15)18-10-13-20(25-14-18)17-8-11-19(12-9-17)21(22,23)24/h8-9,11-12,15-16,18,20H,2-7,10,13-14H2,1H3/t15?,16?,18-,20+/m0/s1. The summed E-state index contributed by atoms with van der Waals surface area (Å²) >= 11 is 0. The van der Waals surface area contributed by atoms with Crippen LogP contribution in [0.1, 0.15) is 75.5 Å². The van der Waals surface area contributed by atoms with Gasteiger partial charge < -0.3 is 4.74 Å². The predicted molar refractivity (Wildman–Crippen MR) is 93.2 cm³/mol. The highest BCUT2D eigenvalue weighted by Crippen LogP contribution is 2.41. The van der Waals surface area contributed by atoms with Crippen molar-refractivity contribution in [2.45, 2.75) is 70.6 Å². The van der Waals surface area contributed by atoms with Gasteiger partial charge in [-0.1, -0.05) is 44.7 Å². The molecule has 0 radical (unpaired) electrons. The van der Waals surface area contributed by atoms with Crippen molar-refractivity contribution in [3.8, 4) is 0 Å². The zero-order chi connectivity index (χ0) is 17.9. The van der Waals surface area contributed by atoms with Crippen molar-refractivity contribution in [2.75, 3.05) is 6.61 Å². The molecule has 3 rings (SSSR count). The van der Waals surface area contributed by atoms with E-state index in [1.165, 1.54) is 50.7 Å². The average molecular weight is 354 g/mol. The lowest BCUT2D eigenvalue weighted by atomic mass is 9.73. The molecule has 1 heterocycles. The van der Waals surface area contributed by atoms with E-state index >= 15 is 0 Å². The molecule has 0 amide bonds. The molecule has 0 unspecified atom stereocenters. The van der Waals surface area contributed by atoms with Gasteiger partial charge in [-0.15, -0.1) is 0 Å². The second-order valence-corrected chi connectivity index (χ2v) is 7.85. The first-order valence-corrected chi connectivity index (χ1v) is 9.76. The van der Waals surface area contributed by atoms with Crippen molar-refractivity contribution < 1.29 is 17.9 Å². The number of hydrogen-bond acceptors (Lipinski definition) is 1. The first kappa shape index (κ1) is 18.8. The van der Waals surface area contributed by atoms with E-state index in [1.54, 1.807) is 12.1 Å². The molecule has 1 saturated carbocycles. The maximum Gasteiger partial charge on any atom is 0.416 e. The normalized spacial score (nSPS) is 31.0. The smallest absolute Gasteiger partial charge is 0.373 e. The molecule has 140 valence electrons. The van der Waals surface area contributed by atoms with Gasteiger partial charge in [-0.25, -0.2) is 0 Å². The summed E-state index contributed by atoms with van der Waals surface area (Å²) in [7, 11) is 0. The maximum atomic E-state index is 12.7. The molecule has 0 spiro atoms. The van der Waals surface area contributed by atoms with Crippen LogP contribution in [-0.4, -0.2) is 6.61 Å². The van der Waals surface area contributed by atoms with Crippen LogP contribution in [0.3, 0.4) is 0 Å². The Labute approximate surface area is 149 Å². The molecule has 1 aliphatic carbocycles. The van der Waals surface area contributed by atoms with E-state index in [9.17, 15) is 13.2 Å². The Morgan fingerprint density at radius 2 is 1.56 bits per heavy atom. The lowest BCUT2D eigenvalue weighted by Crippen LogP contribution is -2.29. The van der Waals surface area contributed by atoms with Crippen LogP contribution in [0.5, 0.6) is 0 Å². The Balaban J connectivity index is 1.49. The molecule has 4 heteroatoms. The summed E-state index contributed by atoms with van der Waals surface area (Å²) in [5.41, 5.74) is 0.284. The van der Waals surface area contributed by atoms with Crippen molar-refractivity contribution in [3.05, 3.63) is 35.4 Å². The van der Waals surface area contributed by atoms with E-state index in [0.29, 0.717) is 5.92 Å². The number of benzene rings is 1. The fourth-order valence-electron chi connectivity index (χ4n) is 4.65. The summed E-state index contributed by atoms with van der Waals surface area (Å²) in [6.45, 7) is 3.03. The summed E-state index contributed by atoms with van der Waals surface area (Å²) in [5, 5.41) is 0. The van der Waals surface area contributed by atoms with E-state index in [2.05, 4.69) is 6.92 Å². The Morgan fingerprint density at radius 1 is 0.920 bits per heavy atom. The minimum atomic E-state index is -4.27. The number of rotatable bonds is 4. The fraction of sp³-hybridized carbons (Fsp3) is 0.714. The summed E-state index contributed by atoms with van der Waals surface area (Å²) < 4.78 is 44.0. The van der Waals surface area contributed by atoms with E-state index in [0.717, 1.165) is 36.8 Å². The Bertz CT molecular complexity index is 521. The molecule has 1 aromatic rings. The first-order chi connectivity index (χ1) is 12.0. The molecule has 2 aliphatic rings. The zero-order valence-electron chi connectivity index (χ0n) is 15.0. The van der Waals surface area contributed by atoms with Crippen molar-refractivity contribution in [3.63, 3.8) is 0 Å². The minimum Gasteiger partial charge on any atom is -0.373 e. The summed E-state index contributed by atoms with van der Waals surface area (Å²) in [4.78, 5) is 0. The molecular formula is C21H29F3O. The van der Waals surface area contributed by atoms with Gasteiger partial charge >= 0.3 is 6.18 Å². The molecule has 0 N–H and O–H groups in total. The third kappa shape index (κ3) is 4.78. The molecule has 0 aromatic heterocycles. The second-order valence-electron chi connectivity index (χ2n) is 7.85. The van der Waals surface area contributed by atoms with Crippen molar-refractivity contribution in [1.82, 2.24) is 0 Å². The van der Waals surface area contributed by atoms with Crippen LogP contribution < -0.4 is 0 Å². The van der Waals surface area contributed by atoms with Crippen LogP contribution in [0.15, 0.2) is 24.3 Å². The van der Waals surface area contributed by atoms with Crippen LogP contribution in [0.2, 0.25) is 0 Å². The van der Waals surface area contributed by atoms with Gasteiger partial charge in [0.25, 0.3) is 0 Å². The molecule has 25 heavy (non-hydrogen) atoms. The fourth-order valence-corrected chi connectivity index (χ4v) is 4.65. The van der Waals surface area contributed by atoms with Gasteiger partial charge in [0.05, 0.1) is 18.3 Å². The van der Waals surface area contributed by atoms with Crippen molar-refractivity contribution in [1.29, 1.82) is 0 Å². The molecule has 2 fully saturated rings. The molecule has 1 aromatic carbocycles. The Hall–Kier alpha value is -1.03. The number of halogens is 3. The maximum absolute atomic E-state index is 12.7. The quantitative estimate of drug-likeness (QED) is 0.579. The van der Waals surface area contributed by atoms with E-state index in [1.807, 2.05) is 0 Å². The summed E-state index contributed by atoms with van der Waals surface area (Å²) in [6, 6.07) is 5.48. The van der Waals surface area contributed by atoms with E-state index in [4.69, 9.17) is 4.74 Å². The van der Waals surface area contributed by atoms with Gasteiger partial charge in [-0.3, -0.25) is 0 Å². The first-order valence-electron chi connectivity index (χ1n) is 9.76. The lowest BCUT2D eigenvalue weighted by Gasteiger charge is -2.38. The molecular weight excluding hydrogens is 325 g/mol. The molecule has 1 nitrogen and oxygen atoms in total. The highest BCUT2D eigenvalue weighted by molar-refractivity contribution is 5.26. The predicted octanol–water partition coefficient (Wildman–Crippen LogP) is 6.78. The third-order valence-electron chi connectivity index (χ3n) is 6.18. The second kappa shape index (κ2) is 8.11. The van der Waals surface area contributed by atoms with Gasteiger partial charge in [-0.05, 0) is 61.1 Å². The van der Waals surface area contributed by atoms with Crippen LogP contribution in [-0.2, 0) is 10.9 Å². The Kier molecular flexibility index (Phi) is 6.08. The minimum absolute atomic E-state index is 0.0463. The molecule has 1 saturated heterocycles. The highest BCUT2D eigenvalue weighted by atomic mass is 19.4. The highest BCUT2D eigenvalue weighted by Gasteiger charge is 2.33.